The van der Waals surface area contributed by atoms with Crippen LogP contribution in [0.3, 0.4) is 0 Å². The Hall–Kier alpha value is -1.35. The van der Waals surface area contributed by atoms with E-state index in [1.807, 2.05) is 24.3 Å². The molecule has 1 aliphatic rings. The molecule has 1 amide bonds. The SMILES string of the molecule is CC(C)(C)c1ccc(C(=O)NCC2CCC(O)C2)cc1. The quantitative estimate of drug-likeness (QED) is 0.891. The van der Waals surface area contributed by atoms with Crippen molar-refractivity contribution in [1.29, 1.82) is 0 Å². The van der Waals surface area contributed by atoms with Crippen molar-refractivity contribution in [3.8, 4) is 0 Å². The van der Waals surface area contributed by atoms with Gasteiger partial charge in [-0.25, -0.2) is 0 Å². The summed E-state index contributed by atoms with van der Waals surface area (Å²) in [5, 5.41) is 12.4. The summed E-state index contributed by atoms with van der Waals surface area (Å²) >= 11 is 0. The third kappa shape index (κ3) is 3.83. The van der Waals surface area contributed by atoms with E-state index >= 15 is 0 Å². The molecule has 110 valence electrons. The molecule has 20 heavy (non-hydrogen) atoms. The molecule has 3 heteroatoms. The summed E-state index contributed by atoms with van der Waals surface area (Å²) < 4.78 is 0. The molecule has 2 N–H and O–H groups in total. The molecule has 2 rings (SSSR count). The van der Waals surface area contributed by atoms with Crippen LogP contribution in [0, 0.1) is 5.92 Å². The van der Waals surface area contributed by atoms with E-state index in [4.69, 9.17) is 0 Å². The molecule has 1 fully saturated rings. The Morgan fingerprint density at radius 3 is 2.40 bits per heavy atom. The fraction of sp³-hybridized carbons (Fsp3) is 0.588. The minimum Gasteiger partial charge on any atom is -0.393 e. The van der Waals surface area contributed by atoms with Crippen LogP contribution in [0.5, 0.6) is 0 Å². The number of hydrogen-bond acceptors (Lipinski definition) is 2. The fourth-order valence-electron chi connectivity index (χ4n) is 2.69. The normalized spacial score (nSPS) is 22.8. The van der Waals surface area contributed by atoms with E-state index in [1.165, 1.54) is 5.56 Å². The third-order valence-electron chi connectivity index (χ3n) is 4.08. The van der Waals surface area contributed by atoms with Gasteiger partial charge < -0.3 is 10.4 Å². The van der Waals surface area contributed by atoms with Gasteiger partial charge in [0, 0.05) is 12.1 Å². The van der Waals surface area contributed by atoms with Gasteiger partial charge in [-0.05, 0) is 48.3 Å². The molecule has 2 unspecified atom stereocenters. The average Bonchev–Trinajstić information content (AvgIpc) is 2.81. The van der Waals surface area contributed by atoms with E-state index in [-0.39, 0.29) is 17.4 Å². The second kappa shape index (κ2) is 5.96. The number of nitrogens with one attached hydrogen (secondary N) is 1. The lowest BCUT2D eigenvalue weighted by Gasteiger charge is -2.19. The number of aliphatic hydroxyl groups excluding tert-OH is 1. The molecular weight excluding hydrogens is 250 g/mol. The molecule has 0 aromatic heterocycles. The van der Waals surface area contributed by atoms with Crippen molar-refractivity contribution in [2.45, 2.75) is 51.6 Å². The molecule has 2 atom stereocenters. The monoisotopic (exact) mass is 275 g/mol. The fourth-order valence-corrected chi connectivity index (χ4v) is 2.69. The summed E-state index contributed by atoms with van der Waals surface area (Å²) in [7, 11) is 0. The van der Waals surface area contributed by atoms with Crippen molar-refractivity contribution in [2.24, 2.45) is 5.92 Å². The van der Waals surface area contributed by atoms with Crippen LogP contribution in [0.1, 0.15) is 56.0 Å². The molecule has 0 bridgehead atoms. The maximum Gasteiger partial charge on any atom is 0.251 e. The lowest BCUT2D eigenvalue weighted by molar-refractivity contribution is 0.0945. The van der Waals surface area contributed by atoms with Crippen LogP contribution < -0.4 is 5.32 Å². The first-order valence-electron chi connectivity index (χ1n) is 7.43. The Kier molecular flexibility index (Phi) is 4.48. The van der Waals surface area contributed by atoms with Crippen LogP contribution >= 0.6 is 0 Å². The van der Waals surface area contributed by atoms with Gasteiger partial charge in [0.05, 0.1) is 6.10 Å². The zero-order valence-corrected chi connectivity index (χ0v) is 12.6. The number of carbonyl (C=O) groups excluding carboxylic acids is 1. The maximum absolute atomic E-state index is 12.1. The first kappa shape index (κ1) is 15.0. The predicted molar refractivity (Wildman–Crippen MR) is 80.8 cm³/mol. The number of benzene rings is 1. The van der Waals surface area contributed by atoms with Crippen molar-refractivity contribution >= 4 is 5.91 Å². The predicted octanol–water partition coefficient (Wildman–Crippen LogP) is 2.87. The minimum absolute atomic E-state index is 0.0214. The first-order chi connectivity index (χ1) is 9.36. The Balaban J connectivity index is 1.89. The highest BCUT2D eigenvalue weighted by molar-refractivity contribution is 5.94. The van der Waals surface area contributed by atoms with Crippen molar-refractivity contribution in [3.63, 3.8) is 0 Å². The van der Waals surface area contributed by atoms with Crippen molar-refractivity contribution in [1.82, 2.24) is 5.32 Å². The standard InChI is InChI=1S/C17H25NO2/c1-17(2,3)14-7-5-13(6-8-14)16(20)18-11-12-4-9-15(19)10-12/h5-8,12,15,19H,4,9-11H2,1-3H3,(H,18,20). The van der Waals surface area contributed by atoms with Crippen molar-refractivity contribution in [3.05, 3.63) is 35.4 Å². The van der Waals surface area contributed by atoms with E-state index in [0.717, 1.165) is 19.3 Å². The average molecular weight is 275 g/mol. The summed E-state index contributed by atoms with van der Waals surface area (Å²) in [4.78, 5) is 12.1. The Bertz CT molecular complexity index is 459. The lowest BCUT2D eigenvalue weighted by atomic mass is 9.87. The molecule has 1 aromatic carbocycles. The number of aliphatic hydroxyl groups is 1. The van der Waals surface area contributed by atoms with Crippen LogP contribution in [-0.2, 0) is 5.41 Å². The first-order valence-corrected chi connectivity index (χ1v) is 7.43. The van der Waals surface area contributed by atoms with E-state index in [9.17, 15) is 9.90 Å². The van der Waals surface area contributed by atoms with Gasteiger partial charge in [-0.2, -0.15) is 0 Å². The van der Waals surface area contributed by atoms with Gasteiger partial charge >= 0.3 is 0 Å². The molecule has 0 aliphatic heterocycles. The highest BCUT2D eigenvalue weighted by atomic mass is 16.3. The van der Waals surface area contributed by atoms with Gasteiger partial charge in [0.2, 0.25) is 0 Å². The van der Waals surface area contributed by atoms with Gasteiger partial charge in [-0.3, -0.25) is 4.79 Å². The molecule has 1 aliphatic carbocycles. The number of amides is 1. The largest absolute Gasteiger partial charge is 0.393 e. The molecule has 3 nitrogen and oxygen atoms in total. The molecular formula is C17H25NO2. The van der Waals surface area contributed by atoms with Gasteiger partial charge in [-0.1, -0.05) is 32.9 Å². The topological polar surface area (TPSA) is 49.3 Å². The van der Waals surface area contributed by atoms with E-state index in [2.05, 4.69) is 26.1 Å². The molecule has 0 saturated heterocycles. The Labute approximate surface area is 121 Å². The third-order valence-corrected chi connectivity index (χ3v) is 4.08. The molecule has 1 saturated carbocycles. The Morgan fingerprint density at radius 2 is 1.90 bits per heavy atom. The highest BCUT2D eigenvalue weighted by Crippen LogP contribution is 2.25. The number of hydrogen-bond donors (Lipinski definition) is 2. The van der Waals surface area contributed by atoms with Crippen LogP contribution in [-0.4, -0.2) is 23.7 Å². The number of carbonyl (C=O) groups is 1. The van der Waals surface area contributed by atoms with Crippen LogP contribution in [0.4, 0.5) is 0 Å². The summed E-state index contributed by atoms with van der Waals surface area (Å²) in [6.07, 6.45) is 2.50. The van der Waals surface area contributed by atoms with Gasteiger partial charge in [-0.15, -0.1) is 0 Å². The molecule has 0 spiro atoms. The van der Waals surface area contributed by atoms with Crippen LogP contribution in [0.2, 0.25) is 0 Å². The lowest BCUT2D eigenvalue weighted by Crippen LogP contribution is -2.28. The zero-order valence-electron chi connectivity index (χ0n) is 12.6. The minimum atomic E-state index is -0.178. The van der Waals surface area contributed by atoms with Gasteiger partial charge in [0.15, 0.2) is 0 Å². The van der Waals surface area contributed by atoms with Crippen LogP contribution in [0.25, 0.3) is 0 Å². The summed E-state index contributed by atoms with van der Waals surface area (Å²) in [6.45, 7) is 7.14. The van der Waals surface area contributed by atoms with E-state index in [0.29, 0.717) is 18.0 Å². The smallest absolute Gasteiger partial charge is 0.251 e. The highest BCUT2D eigenvalue weighted by Gasteiger charge is 2.23. The van der Waals surface area contributed by atoms with Crippen molar-refractivity contribution in [2.75, 3.05) is 6.54 Å². The Morgan fingerprint density at radius 1 is 1.25 bits per heavy atom. The summed E-state index contributed by atoms with van der Waals surface area (Å²) in [6, 6.07) is 7.82. The summed E-state index contributed by atoms with van der Waals surface area (Å²) in [5.41, 5.74) is 2.04. The van der Waals surface area contributed by atoms with Crippen LogP contribution in [0.15, 0.2) is 24.3 Å². The maximum atomic E-state index is 12.1. The zero-order chi connectivity index (χ0) is 14.8. The summed E-state index contributed by atoms with van der Waals surface area (Å²) in [5.74, 6) is 0.398. The number of rotatable bonds is 3. The molecule has 0 heterocycles. The second-order valence-electron chi connectivity index (χ2n) is 6.87. The molecule has 0 radical (unpaired) electrons. The van der Waals surface area contributed by atoms with E-state index in [1.54, 1.807) is 0 Å². The van der Waals surface area contributed by atoms with Crippen molar-refractivity contribution < 1.29 is 9.90 Å². The van der Waals surface area contributed by atoms with E-state index < -0.39 is 0 Å². The van der Waals surface area contributed by atoms with Gasteiger partial charge in [0.25, 0.3) is 5.91 Å². The second-order valence-corrected chi connectivity index (χ2v) is 6.87. The van der Waals surface area contributed by atoms with Gasteiger partial charge in [0.1, 0.15) is 0 Å². The molecule has 1 aromatic rings.